The molecule has 1 N–H and O–H groups in total. The van der Waals surface area contributed by atoms with Crippen molar-refractivity contribution >= 4 is 11.8 Å². The fourth-order valence-corrected chi connectivity index (χ4v) is 2.23. The third-order valence-electron chi connectivity index (χ3n) is 3.52. The Morgan fingerprint density at radius 3 is 2.26 bits per heavy atom. The number of nitrogens with zero attached hydrogens (tertiary/aromatic N) is 1. The van der Waals surface area contributed by atoms with E-state index in [1.807, 2.05) is 31.2 Å². The van der Waals surface area contributed by atoms with Crippen molar-refractivity contribution in [1.29, 1.82) is 0 Å². The molecular formula is C19H26N2O2. The molecule has 1 aromatic rings. The van der Waals surface area contributed by atoms with E-state index in [1.165, 1.54) is 5.56 Å². The molecule has 0 aliphatic rings. The first kappa shape index (κ1) is 18.7. The fraction of sp³-hybridized carbons (Fsp3) is 0.368. The summed E-state index contributed by atoms with van der Waals surface area (Å²) in [6.45, 7) is 11.9. The van der Waals surface area contributed by atoms with E-state index in [0.717, 1.165) is 5.56 Å². The molecule has 1 aromatic carbocycles. The van der Waals surface area contributed by atoms with E-state index in [-0.39, 0.29) is 11.8 Å². The van der Waals surface area contributed by atoms with E-state index < -0.39 is 6.04 Å². The van der Waals surface area contributed by atoms with Crippen molar-refractivity contribution in [3.05, 3.63) is 60.7 Å². The lowest BCUT2D eigenvalue weighted by atomic mass is 10.1. The highest BCUT2D eigenvalue weighted by Gasteiger charge is 2.20. The molecule has 0 bridgehead atoms. The zero-order valence-corrected chi connectivity index (χ0v) is 14.0. The van der Waals surface area contributed by atoms with Gasteiger partial charge in [0.15, 0.2) is 0 Å². The molecule has 0 aromatic heterocycles. The predicted molar refractivity (Wildman–Crippen MR) is 94.1 cm³/mol. The first-order valence-electron chi connectivity index (χ1n) is 7.83. The van der Waals surface area contributed by atoms with Crippen molar-refractivity contribution in [3.8, 4) is 0 Å². The predicted octanol–water partition coefficient (Wildman–Crippen LogP) is 2.63. The monoisotopic (exact) mass is 314 g/mol. The van der Waals surface area contributed by atoms with Gasteiger partial charge in [-0.05, 0) is 25.8 Å². The van der Waals surface area contributed by atoms with Crippen LogP contribution in [0.25, 0.3) is 0 Å². The summed E-state index contributed by atoms with van der Waals surface area (Å²) >= 11 is 0. The first-order valence-corrected chi connectivity index (χ1v) is 7.83. The maximum Gasteiger partial charge on any atom is 0.245 e. The Labute approximate surface area is 138 Å². The smallest absolute Gasteiger partial charge is 0.245 e. The van der Waals surface area contributed by atoms with Gasteiger partial charge >= 0.3 is 0 Å². The Morgan fingerprint density at radius 1 is 1.17 bits per heavy atom. The summed E-state index contributed by atoms with van der Waals surface area (Å²) in [7, 11) is 0. The number of carbonyl (C=O) groups excluding carboxylic acids is 2. The highest BCUT2D eigenvalue weighted by Crippen LogP contribution is 2.06. The van der Waals surface area contributed by atoms with E-state index >= 15 is 0 Å². The molecule has 0 aliphatic heterocycles. The third kappa shape index (κ3) is 6.51. The SMILES string of the molecule is C=CCN(CC=C)C(=O)C(C)NC(=O)CCc1ccc(C)cc1. The largest absolute Gasteiger partial charge is 0.345 e. The number of aryl methyl sites for hydroxylation is 2. The van der Waals surface area contributed by atoms with E-state index in [0.29, 0.717) is 25.9 Å². The minimum Gasteiger partial charge on any atom is -0.345 e. The van der Waals surface area contributed by atoms with Crippen LogP contribution >= 0.6 is 0 Å². The highest BCUT2D eigenvalue weighted by molar-refractivity contribution is 5.87. The second-order valence-corrected chi connectivity index (χ2v) is 5.60. The van der Waals surface area contributed by atoms with Gasteiger partial charge in [-0.1, -0.05) is 42.0 Å². The topological polar surface area (TPSA) is 49.4 Å². The van der Waals surface area contributed by atoms with Crippen LogP contribution in [0.15, 0.2) is 49.6 Å². The van der Waals surface area contributed by atoms with Crippen molar-refractivity contribution in [3.63, 3.8) is 0 Å². The fourth-order valence-electron chi connectivity index (χ4n) is 2.23. The summed E-state index contributed by atoms with van der Waals surface area (Å²) in [5.41, 5.74) is 2.31. The van der Waals surface area contributed by atoms with Crippen LogP contribution in [0.1, 0.15) is 24.5 Å². The van der Waals surface area contributed by atoms with Gasteiger partial charge in [-0.25, -0.2) is 0 Å². The Bertz CT molecular complexity index is 539. The Balaban J connectivity index is 2.48. The average Bonchev–Trinajstić information content (AvgIpc) is 2.53. The summed E-state index contributed by atoms with van der Waals surface area (Å²) in [5, 5.41) is 2.76. The molecule has 0 saturated heterocycles. The Morgan fingerprint density at radius 2 is 1.74 bits per heavy atom. The van der Waals surface area contributed by atoms with Gasteiger partial charge in [-0.2, -0.15) is 0 Å². The molecule has 23 heavy (non-hydrogen) atoms. The van der Waals surface area contributed by atoms with Gasteiger partial charge in [-0.15, -0.1) is 13.2 Å². The van der Waals surface area contributed by atoms with E-state index in [4.69, 9.17) is 0 Å². The number of nitrogens with one attached hydrogen (secondary N) is 1. The lowest BCUT2D eigenvalue weighted by Crippen LogP contribution is -2.47. The molecule has 2 amide bonds. The average molecular weight is 314 g/mol. The molecule has 0 spiro atoms. The molecule has 4 nitrogen and oxygen atoms in total. The molecule has 0 aliphatic carbocycles. The zero-order chi connectivity index (χ0) is 17.2. The van der Waals surface area contributed by atoms with Gasteiger partial charge in [0, 0.05) is 19.5 Å². The number of benzene rings is 1. The van der Waals surface area contributed by atoms with Crippen molar-refractivity contribution in [2.24, 2.45) is 0 Å². The van der Waals surface area contributed by atoms with E-state index in [1.54, 1.807) is 24.0 Å². The van der Waals surface area contributed by atoms with Crippen LogP contribution in [0.5, 0.6) is 0 Å². The molecule has 0 heterocycles. The van der Waals surface area contributed by atoms with Crippen molar-refractivity contribution in [2.45, 2.75) is 32.7 Å². The van der Waals surface area contributed by atoms with Crippen LogP contribution < -0.4 is 5.32 Å². The van der Waals surface area contributed by atoms with Crippen LogP contribution in [0.4, 0.5) is 0 Å². The van der Waals surface area contributed by atoms with Crippen LogP contribution in [0.3, 0.4) is 0 Å². The first-order chi connectivity index (χ1) is 11.0. The van der Waals surface area contributed by atoms with Crippen LogP contribution in [0, 0.1) is 6.92 Å². The lowest BCUT2D eigenvalue weighted by Gasteiger charge is -2.23. The molecule has 1 unspecified atom stereocenters. The number of rotatable bonds is 9. The maximum atomic E-state index is 12.3. The van der Waals surface area contributed by atoms with Gasteiger partial charge < -0.3 is 10.2 Å². The van der Waals surface area contributed by atoms with Crippen molar-refractivity contribution < 1.29 is 9.59 Å². The van der Waals surface area contributed by atoms with Crippen molar-refractivity contribution in [1.82, 2.24) is 10.2 Å². The minimum absolute atomic E-state index is 0.122. The summed E-state index contributed by atoms with van der Waals surface area (Å²) in [6.07, 6.45) is 4.35. The van der Waals surface area contributed by atoms with Gasteiger partial charge in [0.25, 0.3) is 0 Å². The number of carbonyl (C=O) groups is 2. The minimum atomic E-state index is -0.555. The quantitative estimate of drug-likeness (QED) is 0.712. The summed E-state index contributed by atoms with van der Waals surface area (Å²) in [6, 6.07) is 7.55. The third-order valence-corrected chi connectivity index (χ3v) is 3.52. The van der Waals surface area contributed by atoms with E-state index in [2.05, 4.69) is 18.5 Å². The molecule has 1 atom stereocenters. The highest BCUT2D eigenvalue weighted by atomic mass is 16.2. The maximum absolute atomic E-state index is 12.3. The second kappa shape index (κ2) is 9.62. The molecule has 124 valence electrons. The van der Waals surface area contributed by atoms with Gasteiger partial charge in [-0.3, -0.25) is 9.59 Å². The lowest BCUT2D eigenvalue weighted by molar-refractivity contribution is -0.135. The normalized spacial score (nSPS) is 11.4. The molecule has 4 heteroatoms. The number of hydrogen-bond acceptors (Lipinski definition) is 2. The van der Waals surface area contributed by atoms with Gasteiger partial charge in [0.2, 0.25) is 11.8 Å². The number of hydrogen-bond donors (Lipinski definition) is 1. The van der Waals surface area contributed by atoms with Crippen molar-refractivity contribution in [2.75, 3.05) is 13.1 Å². The summed E-state index contributed by atoms with van der Waals surface area (Å²) < 4.78 is 0. The summed E-state index contributed by atoms with van der Waals surface area (Å²) in [4.78, 5) is 25.9. The molecule has 0 saturated carbocycles. The van der Waals surface area contributed by atoms with Crippen LogP contribution in [-0.4, -0.2) is 35.8 Å². The molecular weight excluding hydrogens is 288 g/mol. The summed E-state index contributed by atoms with van der Waals surface area (Å²) in [5.74, 6) is -0.253. The zero-order valence-electron chi connectivity index (χ0n) is 14.0. The standard InChI is InChI=1S/C19H26N2O2/c1-5-13-21(14-6-2)19(23)16(4)20-18(22)12-11-17-9-7-15(3)8-10-17/h5-10,16H,1-2,11-14H2,3-4H3,(H,20,22). The number of amides is 2. The van der Waals surface area contributed by atoms with Crippen LogP contribution in [0.2, 0.25) is 0 Å². The molecule has 0 fully saturated rings. The van der Waals surface area contributed by atoms with Gasteiger partial charge in [0.1, 0.15) is 6.04 Å². The molecule has 1 rings (SSSR count). The van der Waals surface area contributed by atoms with E-state index in [9.17, 15) is 9.59 Å². The van der Waals surface area contributed by atoms with Crippen LogP contribution in [-0.2, 0) is 16.0 Å². The van der Waals surface area contributed by atoms with Gasteiger partial charge in [0.05, 0.1) is 0 Å². The second-order valence-electron chi connectivity index (χ2n) is 5.60. The Hall–Kier alpha value is -2.36. The molecule has 0 radical (unpaired) electrons. The Kier molecular flexibility index (Phi) is 7.81.